The van der Waals surface area contributed by atoms with Gasteiger partial charge in [0.25, 0.3) is 0 Å². The van der Waals surface area contributed by atoms with Crippen LogP contribution in [-0.4, -0.2) is 34.5 Å². The third-order valence-electron chi connectivity index (χ3n) is 4.72. The van der Waals surface area contributed by atoms with E-state index >= 15 is 0 Å². The molecule has 0 fully saturated rings. The van der Waals surface area contributed by atoms with Gasteiger partial charge < -0.3 is 14.7 Å². The summed E-state index contributed by atoms with van der Waals surface area (Å²) in [4.78, 5) is 18.3. The fourth-order valence-electron chi connectivity index (χ4n) is 3.23. The molecule has 6 nitrogen and oxygen atoms in total. The first-order valence-electron chi connectivity index (χ1n) is 9.65. The van der Waals surface area contributed by atoms with Gasteiger partial charge in [0.05, 0.1) is 29.5 Å². The first-order valence-corrected chi connectivity index (χ1v) is 10.9. The average molecular weight is 454 g/mol. The molecule has 1 aliphatic heterocycles. The zero-order chi connectivity index (χ0) is 22.1. The molecule has 158 valence electrons. The van der Waals surface area contributed by atoms with Gasteiger partial charge in [-0.15, -0.1) is 11.3 Å². The number of thiazole rings is 1. The van der Waals surface area contributed by atoms with Gasteiger partial charge in [-0.1, -0.05) is 23.7 Å². The predicted molar refractivity (Wildman–Crippen MR) is 124 cm³/mol. The van der Waals surface area contributed by atoms with E-state index < -0.39 is 5.97 Å². The number of aromatic nitrogens is 1. The molecule has 0 saturated heterocycles. The Hall–Kier alpha value is -3.16. The number of ether oxygens (including phenoxy) is 1. The number of benzene rings is 2. The molecule has 0 amide bonds. The number of hydrogen-bond acceptors (Lipinski definition) is 6. The lowest BCUT2D eigenvalue weighted by molar-refractivity contribution is 0.0378. The lowest BCUT2D eigenvalue weighted by Crippen LogP contribution is -2.26. The summed E-state index contributed by atoms with van der Waals surface area (Å²) < 4.78 is 5.20. The number of carbonyl (C=O) groups excluding carboxylic acids is 1. The van der Waals surface area contributed by atoms with Crippen LogP contribution in [0, 0.1) is 5.41 Å². The van der Waals surface area contributed by atoms with E-state index in [1.165, 1.54) is 11.3 Å². The van der Waals surface area contributed by atoms with Gasteiger partial charge in [-0.2, -0.15) is 0 Å². The Kier molecular flexibility index (Phi) is 5.80. The summed E-state index contributed by atoms with van der Waals surface area (Å²) in [5, 5.41) is 22.3. The minimum Gasteiger partial charge on any atom is -0.510 e. The number of aliphatic hydroxyl groups is 1. The van der Waals surface area contributed by atoms with Gasteiger partial charge in [0.15, 0.2) is 0 Å². The van der Waals surface area contributed by atoms with E-state index in [1.807, 2.05) is 17.5 Å². The Morgan fingerprint density at radius 1 is 1.19 bits per heavy atom. The second kappa shape index (κ2) is 8.53. The van der Waals surface area contributed by atoms with Crippen LogP contribution in [0.3, 0.4) is 0 Å². The van der Waals surface area contributed by atoms with E-state index in [2.05, 4.69) is 4.98 Å². The van der Waals surface area contributed by atoms with E-state index in [-0.39, 0.29) is 24.2 Å². The van der Waals surface area contributed by atoms with Gasteiger partial charge in [-0.05, 0) is 50.2 Å². The Bertz CT molecular complexity index is 1170. The first kappa shape index (κ1) is 21.1. The van der Waals surface area contributed by atoms with Crippen LogP contribution in [0.15, 0.2) is 59.7 Å². The molecule has 0 aliphatic carbocycles. The predicted octanol–water partition coefficient (Wildman–Crippen LogP) is 5.80. The molecule has 2 heterocycles. The highest BCUT2D eigenvalue weighted by molar-refractivity contribution is 7.11. The molecule has 0 spiro atoms. The molecule has 8 heteroatoms. The van der Waals surface area contributed by atoms with Crippen LogP contribution < -0.4 is 4.90 Å². The fraction of sp³-hybridized carbons (Fsp3) is 0.174. The normalized spacial score (nSPS) is 13.9. The summed E-state index contributed by atoms with van der Waals surface area (Å²) in [6.45, 7) is 3.76. The van der Waals surface area contributed by atoms with Gasteiger partial charge in [-0.3, -0.25) is 5.41 Å². The number of rotatable bonds is 5. The van der Waals surface area contributed by atoms with Crippen molar-refractivity contribution >= 4 is 46.0 Å². The van der Waals surface area contributed by atoms with Crippen LogP contribution in [-0.2, 0) is 4.74 Å². The second-order valence-corrected chi connectivity index (χ2v) is 8.60. The largest absolute Gasteiger partial charge is 0.510 e. The topological polar surface area (TPSA) is 86.5 Å². The third-order valence-corrected chi connectivity index (χ3v) is 5.83. The number of anilines is 1. The maximum atomic E-state index is 12.0. The van der Waals surface area contributed by atoms with Crippen molar-refractivity contribution in [3.05, 3.63) is 75.3 Å². The molecule has 31 heavy (non-hydrogen) atoms. The molecule has 3 aromatic rings. The monoisotopic (exact) mass is 453 g/mol. The van der Waals surface area contributed by atoms with Crippen molar-refractivity contribution in [2.45, 2.75) is 20.0 Å². The van der Waals surface area contributed by atoms with Gasteiger partial charge in [0.2, 0.25) is 0 Å². The number of halogens is 1. The maximum absolute atomic E-state index is 12.0. The van der Waals surface area contributed by atoms with Crippen LogP contribution in [0.2, 0.25) is 5.02 Å². The summed E-state index contributed by atoms with van der Waals surface area (Å²) in [5.41, 5.74) is 3.22. The number of esters is 1. The van der Waals surface area contributed by atoms with Crippen LogP contribution >= 0.6 is 22.9 Å². The van der Waals surface area contributed by atoms with Gasteiger partial charge in [0.1, 0.15) is 16.6 Å². The minimum absolute atomic E-state index is 0.0882. The Labute approximate surface area is 188 Å². The van der Waals surface area contributed by atoms with Crippen molar-refractivity contribution in [2.24, 2.45) is 0 Å². The van der Waals surface area contributed by atoms with Gasteiger partial charge in [0, 0.05) is 21.7 Å². The molecule has 0 radical (unpaired) electrons. The van der Waals surface area contributed by atoms with Crippen molar-refractivity contribution in [3.63, 3.8) is 0 Å². The number of carbonyl (C=O) groups is 1. The highest BCUT2D eigenvalue weighted by Crippen LogP contribution is 2.34. The molecule has 0 atom stereocenters. The molecule has 2 aromatic carbocycles. The lowest BCUT2D eigenvalue weighted by atomic mass is 10.2. The van der Waals surface area contributed by atoms with Crippen molar-refractivity contribution < 1.29 is 14.6 Å². The Morgan fingerprint density at radius 2 is 1.87 bits per heavy atom. The number of hydrogen-bond donors (Lipinski definition) is 2. The molecular formula is C23H20ClN3O3S. The smallest absolute Gasteiger partial charge is 0.338 e. The molecule has 0 bridgehead atoms. The van der Waals surface area contributed by atoms with Crippen molar-refractivity contribution in [3.8, 4) is 11.3 Å². The molecule has 2 N–H and O–H groups in total. The molecule has 1 aliphatic rings. The quantitative estimate of drug-likeness (QED) is 0.477. The van der Waals surface area contributed by atoms with Crippen LogP contribution in [0.25, 0.3) is 16.8 Å². The third kappa shape index (κ3) is 4.33. The molecule has 0 saturated carbocycles. The Balaban J connectivity index is 1.54. The summed E-state index contributed by atoms with van der Waals surface area (Å²) in [6.07, 6.45) is -0.196. The second-order valence-electron chi connectivity index (χ2n) is 7.30. The lowest BCUT2D eigenvalue weighted by Gasteiger charge is -2.19. The summed E-state index contributed by atoms with van der Waals surface area (Å²) in [6, 6.07) is 14.2. The molecule has 4 rings (SSSR count). The van der Waals surface area contributed by atoms with E-state index in [0.717, 1.165) is 11.3 Å². The van der Waals surface area contributed by atoms with E-state index in [9.17, 15) is 9.90 Å². The number of nitrogens with zero attached hydrogens (tertiary/aromatic N) is 2. The van der Waals surface area contributed by atoms with Crippen molar-refractivity contribution in [1.29, 1.82) is 5.41 Å². The average Bonchev–Trinajstić information content (AvgIpc) is 3.32. The summed E-state index contributed by atoms with van der Waals surface area (Å²) in [7, 11) is 0. The SMILES string of the molecule is CC(C)OC(=O)c1ccc(N2CC(O)=C(c3nc(-c4ccc(Cl)cc4)cs3)C2=N)cc1. The number of aliphatic hydroxyl groups excluding tert-OH is 1. The van der Waals surface area contributed by atoms with Crippen LogP contribution in [0.1, 0.15) is 29.2 Å². The zero-order valence-electron chi connectivity index (χ0n) is 16.9. The zero-order valence-corrected chi connectivity index (χ0v) is 18.5. The first-order chi connectivity index (χ1) is 14.8. The maximum Gasteiger partial charge on any atom is 0.338 e. The molecular weight excluding hydrogens is 434 g/mol. The Morgan fingerprint density at radius 3 is 2.52 bits per heavy atom. The molecule has 0 unspecified atom stereocenters. The highest BCUT2D eigenvalue weighted by atomic mass is 35.5. The van der Waals surface area contributed by atoms with E-state index in [4.69, 9.17) is 21.7 Å². The van der Waals surface area contributed by atoms with Crippen LogP contribution in [0.4, 0.5) is 5.69 Å². The van der Waals surface area contributed by atoms with Crippen LogP contribution in [0.5, 0.6) is 0 Å². The number of amidine groups is 1. The summed E-state index contributed by atoms with van der Waals surface area (Å²) >= 11 is 7.32. The van der Waals surface area contributed by atoms with Crippen molar-refractivity contribution in [2.75, 3.05) is 11.4 Å². The standard InChI is InChI=1S/C23H20ClN3O3S/c1-13(2)30-23(29)15-5-9-17(10-6-15)27-11-19(28)20(21(27)25)22-26-18(12-31-22)14-3-7-16(24)8-4-14/h3-10,12-13,25,28H,11H2,1-2H3. The molecule has 1 aromatic heterocycles. The van der Waals surface area contributed by atoms with E-state index in [0.29, 0.717) is 26.9 Å². The van der Waals surface area contributed by atoms with Crippen molar-refractivity contribution in [1.82, 2.24) is 4.98 Å². The minimum atomic E-state index is -0.391. The van der Waals surface area contributed by atoms with Gasteiger partial charge in [-0.25, -0.2) is 9.78 Å². The highest BCUT2D eigenvalue weighted by Gasteiger charge is 2.31. The summed E-state index contributed by atoms with van der Waals surface area (Å²) in [5.74, 6) is -0.144. The fourth-order valence-corrected chi connectivity index (χ4v) is 4.25. The number of nitrogens with one attached hydrogen (secondary N) is 1. The van der Waals surface area contributed by atoms with E-state index in [1.54, 1.807) is 55.1 Å². The van der Waals surface area contributed by atoms with Gasteiger partial charge >= 0.3 is 5.97 Å².